The summed E-state index contributed by atoms with van der Waals surface area (Å²) < 4.78 is 0. The van der Waals surface area contributed by atoms with Crippen molar-refractivity contribution in [2.45, 2.75) is 41.5 Å². The zero-order chi connectivity index (χ0) is 11.6. The smallest absolute Gasteiger partial charge is 0.00181 e. The predicted octanol–water partition coefficient (Wildman–Crippen LogP) is 4.47. The minimum atomic E-state index is 1.16. The quantitative estimate of drug-likeness (QED) is 0.504. The summed E-state index contributed by atoms with van der Waals surface area (Å²) in [5.74, 6) is 0. The summed E-state index contributed by atoms with van der Waals surface area (Å²) in [5, 5.41) is 0. The third-order valence-corrected chi connectivity index (χ3v) is 2.81. The molecule has 0 saturated heterocycles. The van der Waals surface area contributed by atoms with E-state index in [4.69, 9.17) is 0 Å². The van der Waals surface area contributed by atoms with E-state index in [0.29, 0.717) is 0 Å². The highest BCUT2D eigenvalue weighted by atomic mass is 14.0. The van der Waals surface area contributed by atoms with Crippen molar-refractivity contribution in [1.29, 1.82) is 0 Å². The molecule has 0 unspecified atom stereocenters. The summed E-state index contributed by atoms with van der Waals surface area (Å²) in [7, 11) is 0. The first-order chi connectivity index (χ1) is 6.91. The Bertz CT molecular complexity index is 376. The maximum Gasteiger partial charge on any atom is 0.00181 e. The second-order valence-electron chi connectivity index (χ2n) is 4.12. The van der Waals surface area contributed by atoms with Gasteiger partial charge in [0.15, 0.2) is 0 Å². The Kier molecular flexibility index (Phi) is 3.40. The second-order valence-corrected chi connectivity index (χ2v) is 4.12. The minimum Gasteiger partial charge on any atom is -0.113 e. The van der Waals surface area contributed by atoms with E-state index < -0.39 is 0 Å². The summed E-state index contributed by atoms with van der Waals surface area (Å²) in [4.78, 5) is 0. The Morgan fingerprint density at radius 3 is 0.667 bits per heavy atom. The van der Waals surface area contributed by atoms with Gasteiger partial charge in [0.25, 0.3) is 0 Å². The molecule has 0 saturated carbocycles. The third kappa shape index (κ3) is 2.75. The molecular weight excluding hydrogens is 180 g/mol. The van der Waals surface area contributed by atoms with Gasteiger partial charge < -0.3 is 0 Å². The predicted molar refractivity (Wildman–Crippen MR) is 65.7 cm³/mol. The summed E-state index contributed by atoms with van der Waals surface area (Å²) in [6.07, 6.45) is 0. The molecule has 0 fully saturated rings. The molecule has 0 aromatic carbocycles. The maximum absolute atomic E-state index is 3.37. The number of hydrogen-bond acceptors (Lipinski definition) is 0. The lowest BCUT2D eigenvalue weighted by Crippen LogP contribution is -1.77. The van der Waals surface area contributed by atoms with Crippen LogP contribution >= 0.6 is 0 Å². The number of rotatable bonds is 0. The number of hydrogen-bond donors (Lipinski definition) is 0. The summed E-state index contributed by atoms with van der Waals surface area (Å²) >= 11 is 0. The van der Waals surface area contributed by atoms with E-state index in [1.807, 2.05) is 0 Å². The highest BCUT2D eigenvalue weighted by Gasteiger charge is 1.99. The average molecular weight is 198 g/mol. The largest absolute Gasteiger partial charge is 0.113 e. The van der Waals surface area contributed by atoms with Gasteiger partial charge in [-0.15, -0.1) is 17.2 Å². The van der Waals surface area contributed by atoms with Crippen LogP contribution in [0.2, 0.25) is 0 Å². The fourth-order valence-corrected chi connectivity index (χ4v) is 1.41. The lowest BCUT2D eigenvalue weighted by molar-refractivity contribution is 1.31. The summed E-state index contributed by atoms with van der Waals surface area (Å²) in [5.41, 5.74) is 17.0. The molecule has 0 spiro atoms. The molecule has 0 amide bonds. The fourth-order valence-electron chi connectivity index (χ4n) is 1.41. The fraction of sp³-hybridized carbons (Fsp3) is 0.400. The Morgan fingerprint density at radius 2 is 0.533 bits per heavy atom. The van der Waals surface area contributed by atoms with Gasteiger partial charge in [-0.3, -0.25) is 0 Å². The average Bonchev–Trinajstić information content (AvgIpc) is 2.17. The van der Waals surface area contributed by atoms with Gasteiger partial charge in [0.2, 0.25) is 0 Å². The van der Waals surface area contributed by atoms with Crippen LogP contribution in [-0.4, -0.2) is 0 Å². The van der Waals surface area contributed by atoms with Crippen LogP contribution in [-0.2, 0) is 0 Å². The zero-order valence-electron chi connectivity index (χ0n) is 10.5. The van der Waals surface area contributed by atoms with Gasteiger partial charge in [0.1, 0.15) is 0 Å². The molecule has 0 aromatic heterocycles. The molecule has 0 atom stereocenters. The highest BCUT2D eigenvalue weighted by Crippen LogP contribution is 2.16. The van der Waals surface area contributed by atoms with Gasteiger partial charge in [0.05, 0.1) is 0 Å². The Morgan fingerprint density at radius 1 is 0.400 bits per heavy atom. The molecular formula is C15H18. The first-order valence-corrected chi connectivity index (χ1v) is 5.25. The molecule has 1 aliphatic carbocycles. The first-order valence-electron chi connectivity index (χ1n) is 5.25. The summed E-state index contributed by atoms with van der Waals surface area (Å²) in [6, 6.07) is 0. The molecule has 0 heterocycles. The molecule has 0 N–H and O–H groups in total. The van der Waals surface area contributed by atoms with E-state index in [0.717, 1.165) is 33.4 Å². The number of allylic oxidation sites excluding steroid dienone is 3. The van der Waals surface area contributed by atoms with Crippen molar-refractivity contribution >= 4 is 0 Å². The Labute approximate surface area is 92.7 Å². The molecule has 0 bridgehead atoms. The van der Waals surface area contributed by atoms with E-state index in [1.165, 1.54) is 0 Å². The Balaban J connectivity index is 3.69. The van der Waals surface area contributed by atoms with Crippen molar-refractivity contribution in [3.63, 3.8) is 0 Å². The van der Waals surface area contributed by atoms with Crippen LogP contribution in [0, 0.1) is 0 Å². The van der Waals surface area contributed by atoms with Crippen LogP contribution < -0.4 is 0 Å². The lowest BCUT2D eigenvalue weighted by atomic mass is 10.1. The van der Waals surface area contributed by atoms with Crippen LogP contribution in [0.3, 0.4) is 0 Å². The van der Waals surface area contributed by atoms with Crippen molar-refractivity contribution < 1.29 is 0 Å². The van der Waals surface area contributed by atoms with E-state index in [1.54, 1.807) is 0 Å². The van der Waals surface area contributed by atoms with Gasteiger partial charge in [0, 0.05) is 33.4 Å². The molecule has 78 valence electrons. The molecule has 1 aliphatic rings. The molecule has 0 aromatic rings. The maximum atomic E-state index is 3.37. The van der Waals surface area contributed by atoms with Crippen LogP contribution in [0.15, 0.2) is 50.6 Å². The monoisotopic (exact) mass is 198 g/mol. The van der Waals surface area contributed by atoms with Gasteiger partial charge in [-0.05, 0) is 41.5 Å². The molecule has 15 heavy (non-hydrogen) atoms. The lowest BCUT2D eigenvalue weighted by Gasteiger charge is -1.95. The van der Waals surface area contributed by atoms with Crippen LogP contribution in [0.1, 0.15) is 41.5 Å². The van der Waals surface area contributed by atoms with Gasteiger partial charge in [-0.25, -0.2) is 0 Å². The molecule has 0 heteroatoms. The normalized spacial score (nSPS) is 17.2. The van der Waals surface area contributed by atoms with Crippen molar-refractivity contribution in [3.8, 4) is 0 Å². The van der Waals surface area contributed by atoms with E-state index in [-0.39, 0.29) is 0 Å². The first kappa shape index (κ1) is 11.6. The topological polar surface area (TPSA) is 0 Å². The van der Waals surface area contributed by atoms with Gasteiger partial charge in [-0.2, -0.15) is 0 Å². The van der Waals surface area contributed by atoms with E-state index in [9.17, 15) is 0 Å². The second kappa shape index (κ2) is 4.39. The molecule has 0 aliphatic heterocycles. The van der Waals surface area contributed by atoms with Crippen LogP contribution in [0.4, 0.5) is 0 Å². The summed E-state index contributed by atoms with van der Waals surface area (Å²) in [6.45, 7) is 12.5. The molecule has 0 radical (unpaired) electrons. The zero-order valence-corrected chi connectivity index (χ0v) is 10.5. The van der Waals surface area contributed by atoms with Crippen LogP contribution in [0.25, 0.3) is 0 Å². The third-order valence-electron chi connectivity index (χ3n) is 2.81. The SMILES string of the molecule is CC1=C=C(C)C(C)=C=C(C)C(C)=C=C1C. The Hall–Kier alpha value is -1.44. The molecule has 1 rings (SSSR count). The van der Waals surface area contributed by atoms with Crippen LogP contribution in [0.5, 0.6) is 0 Å². The van der Waals surface area contributed by atoms with Crippen molar-refractivity contribution in [3.05, 3.63) is 50.6 Å². The van der Waals surface area contributed by atoms with Crippen molar-refractivity contribution in [2.75, 3.05) is 0 Å². The van der Waals surface area contributed by atoms with E-state index >= 15 is 0 Å². The van der Waals surface area contributed by atoms with Gasteiger partial charge >= 0.3 is 0 Å². The van der Waals surface area contributed by atoms with Crippen molar-refractivity contribution in [2.24, 2.45) is 0 Å². The highest BCUT2D eigenvalue weighted by molar-refractivity contribution is 5.40. The molecule has 0 nitrogen and oxygen atoms in total. The van der Waals surface area contributed by atoms with E-state index in [2.05, 4.69) is 58.7 Å². The van der Waals surface area contributed by atoms with Crippen molar-refractivity contribution in [1.82, 2.24) is 0 Å². The standard InChI is InChI=1S/C15H18/c1-10-7-12(3)14(5)9-15(6)13(4)8-11(10)2/h1-6H3. The van der Waals surface area contributed by atoms with Gasteiger partial charge in [-0.1, -0.05) is 0 Å². The minimum absolute atomic E-state index is 1.16.